The first kappa shape index (κ1) is 27.8. The van der Waals surface area contributed by atoms with Gasteiger partial charge in [-0.05, 0) is 18.6 Å². The molecule has 2 saturated heterocycles. The first-order valence-electron chi connectivity index (χ1n) is 11.8. The van der Waals surface area contributed by atoms with E-state index in [1.54, 1.807) is 0 Å². The highest BCUT2D eigenvalue weighted by Crippen LogP contribution is 2.42. The Labute approximate surface area is 224 Å². The number of hydrogen-bond acceptors (Lipinski definition) is 7. The lowest BCUT2D eigenvalue weighted by Crippen LogP contribution is -2.62. The number of fused-ring (bicyclic) bond motifs is 1. The number of aromatic nitrogens is 1. The van der Waals surface area contributed by atoms with E-state index in [2.05, 4.69) is 14.4 Å². The minimum absolute atomic E-state index is 0.0269. The number of nitrogens with zero attached hydrogens (tertiary/aromatic N) is 3. The first-order valence-corrected chi connectivity index (χ1v) is 13.2. The summed E-state index contributed by atoms with van der Waals surface area (Å²) in [7, 11) is -2.84. The SMILES string of the molecule is COc1cc(-c2cccc(C(F)(F)F)c2F)c(F)cc1N1C(=O)COC2CN(S(=O)(=O)Nc3ccon3)CCC21. The van der Waals surface area contributed by atoms with Crippen molar-refractivity contribution in [2.24, 2.45) is 0 Å². The largest absolute Gasteiger partial charge is 0.495 e. The van der Waals surface area contributed by atoms with E-state index in [1.807, 2.05) is 0 Å². The minimum Gasteiger partial charge on any atom is -0.495 e. The zero-order valence-electron chi connectivity index (χ0n) is 20.6. The molecule has 3 heterocycles. The molecule has 2 atom stereocenters. The Bertz CT molecular complexity index is 1530. The van der Waals surface area contributed by atoms with E-state index >= 15 is 4.39 Å². The van der Waals surface area contributed by atoms with Gasteiger partial charge < -0.3 is 18.9 Å². The third-order valence-corrected chi connectivity index (χ3v) is 8.12. The van der Waals surface area contributed by atoms with Crippen molar-refractivity contribution in [3.8, 4) is 16.9 Å². The number of piperidine rings is 1. The number of rotatable bonds is 6. The van der Waals surface area contributed by atoms with E-state index in [0.717, 1.165) is 28.6 Å². The number of anilines is 2. The van der Waals surface area contributed by atoms with Crippen molar-refractivity contribution in [2.75, 3.05) is 36.4 Å². The fraction of sp³-hybridized carbons (Fsp3) is 0.333. The highest BCUT2D eigenvalue weighted by molar-refractivity contribution is 7.90. The Balaban J connectivity index is 1.46. The Hall–Kier alpha value is -3.76. The van der Waals surface area contributed by atoms with E-state index in [0.29, 0.717) is 6.07 Å². The van der Waals surface area contributed by atoms with Gasteiger partial charge >= 0.3 is 16.4 Å². The summed E-state index contributed by atoms with van der Waals surface area (Å²) in [6.45, 7) is -0.652. The summed E-state index contributed by atoms with van der Waals surface area (Å²) in [5, 5.41) is 3.51. The van der Waals surface area contributed by atoms with Crippen LogP contribution in [0.5, 0.6) is 5.75 Å². The van der Waals surface area contributed by atoms with Crippen LogP contribution in [0.15, 0.2) is 47.2 Å². The molecule has 5 rings (SSSR count). The van der Waals surface area contributed by atoms with Crippen LogP contribution in [0.25, 0.3) is 11.1 Å². The molecule has 0 spiro atoms. The van der Waals surface area contributed by atoms with Gasteiger partial charge in [0.15, 0.2) is 5.82 Å². The van der Waals surface area contributed by atoms with Crippen LogP contribution in [0, 0.1) is 11.6 Å². The van der Waals surface area contributed by atoms with Gasteiger partial charge in [-0.25, -0.2) is 8.78 Å². The number of methoxy groups -OCH3 is 1. The first-order chi connectivity index (χ1) is 18.9. The van der Waals surface area contributed by atoms with Crippen LogP contribution in [0.3, 0.4) is 0 Å². The van der Waals surface area contributed by atoms with Crippen molar-refractivity contribution in [2.45, 2.75) is 24.7 Å². The summed E-state index contributed by atoms with van der Waals surface area (Å²) >= 11 is 0. The highest BCUT2D eigenvalue weighted by Gasteiger charge is 2.45. The molecule has 1 N–H and O–H groups in total. The van der Waals surface area contributed by atoms with Gasteiger partial charge in [0, 0.05) is 36.3 Å². The lowest BCUT2D eigenvalue weighted by molar-refractivity contribution is -0.140. The number of morpholine rings is 1. The zero-order valence-corrected chi connectivity index (χ0v) is 21.4. The Morgan fingerprint density at radius 2 is 1.93 bits per heavy atom. The second-order valence-electron chi connectivity index (χ2n) is 8.99. The summed E-state index contributed by atoms with van der Waals surface area (Å²) in [6.07, 6.45) is -4.53. The van der Waals surface area contributed by atoms with Gasteiger partial charge in [0.2, 0.25) is 0 Å². The average molecular weight is 589 g/mol. The summed E-state index contributed by atoms with van der Waals surface area (Å²) in [5.74, 6) is -3.46. The molecule has 0 bridgehead atoms. The average Bonchev–Trinajstić information content (AvgIpc) is 3.40. The van der Waals surface area contributed by atoms with Gasteiger partial charge in [0.05, 0.1) is 30.5 Å². The number of alkyl halides is 3. The van der Waals surface area contributed by atoms with Crippen molar-refractivity contribution in [3.63, 3.8) is 0 Å². The molecule has 0 radical (unpaired) electrons. The summed E-state index contributed by atoms with van der Waals surface area (Å²) in [5.41, 5.74) is -2.75. The molecule has 2 aromatic carbocycles. The summed E-state index contributed by atoms with van der Waals surface area (Å²) in [6, 6.07) is 4.98. The van der Waals surface area contributed by atoms with Gasteiger partial charge in [0.25, 0.3) is 5.91 Å². The Morgan fingerprint density at radius 1 is 1.15 bits per heavy atom. The Kier molecular flexibility index (Phi) is 7.18. The van der Waals surface area contributed by atoms with Gasteiger partial charge in [-0.2, -0.15) is 25.9 Å². The maximum absolute atomic E-state index is 15.4. The molecule has 2 aliphatic heterocycles. The van der Waals surface area contributed by atoms with Crippen molar-refractivity contribution >= 4 is 27.6 Å². The molecule has 2 aliphatic rings. The molecule has 40 heavy (non-hydrogen) atoms. The predicted molar refractivity (Wildman–Crippen MR) is 130 cm³/mol. The monoisotopic (exact) mass is 588 g/mol. The fourth-order valence-corrected chi connectivity index (χ4v) is 6.01. The van der Waals surface area contributed by atoms with Crippen molar-refractivity contribution < 1.29 is 49.2 Å². The quantitative estimate of drug-likeness (QED) is 0.436. The number of carbonyl (C=O) groups excluding carboxylic acids is 1. The third kappa shape index (κ3) is 5.09. The molecule has 16 heteroatoms. The molecule has 0 aliphatic carbocycles. The standard InChI is InChI=1S/C24H21F5N4O6S/c1-37-19-9-14(13-3-2-4-15(23(13)26)24(27,28)29)16(25)10-18(19)33-17-5-7-32(11-20(17)38-12-22(33)34)40(35,36)31-21-6-8-39-30-21/h2-4,6,8-10,17,20H,5,7,11-12H2,1H3,(H,30,31). The zero-order chi connectivity index (χ0) is 28.8. The van der Waals surface area contributed by atoms with Crippen molar-refractivity contribution in [1.82, 2.24) is 9.46 Å². The molecule has 3 aromatic rings. The highest BCUT2D eigenvalue weighted by atomic mass is 32.2. The van der Waals surface area contributed by atoms with Crippen LogP contribution in [-0.4, -0.2) is 62.7 Å². The lowest BCUT2D eigenvalue weighted by Gasteiger charge is -2.46. The van der Waals surface area contributed by atoms with Crippen LogP contribution < -0.4 is 14.4 Å². The van der Waals surface area contributed by atoms with Gasteiger partial charge in [0.1, 0.15) is 30.3 Å². The molecule has 2 unspecified atom stereocenters. The van der Waals surface area contributed by atoms with Crippen LogP contribution in [0.2, 0.25) is 0 Å². The number of amides is 1. The molecule has 1 aromatic heterocycles. The number of hydrogen-bond donors (Lipinski definition) is 1. The molecule has 214 valence electrons. The molecule has 1 amide bonds. The topological polar surface area (TPSA) is 114 Å². The lowest BCUT2D eigenvalue weighted by atomic mass is 9.96. The van der Waals surface area contributed by atoms with Crippen molar-refractivity contribution in [1.29, 1.82) is 0 Å². The van der Waals surface area contributed by atoms with E-state index in [4.69, 9.17) is 9.47 Å². The number of benzene rings is 2. The van der Waals surface area contributed by atoms with Crippen LogP contribution in [0.1, 0.15) is 12.0 Å². The van der Waals surface area contributed by atoms with Gasteiger partial charge in [-0.15, -0.1) is 0 Å². The van der Waals surface area contributed by atoms with E-state index in [1.165, 1.54) is 24.3 Å². The smallest absolute Gasteiger partial charge is 0.419 e. The van der Waals surface area contributed by atoms with Crippen LogP contribution in [-0.2, 0) is 25.9 Å². The van der Waals surface area contributed by atoms with E-state index in [-0.39, 0.29) is 36.8 Å². The number of ether oxygens (including phenoxy) is 2. The number of carbonyl (C=O) groups is 1. The van der Waals surface area contributed by atoms with Gasteiger partial charge in [-0.3, -0.25) is 9.52 Å². The molecular formula is C24H21F5N4O6S. The second kappa shape index (κ2) is 10.3. The minimum atomic E-state index is -5.00. The number of halogens is 5. The van der Waals surface area contributed by atoms with Gasteiger partial charge in [-0.1, -0.05) is 17.3 Å². The summed E-state index contributed by atoms with van der Waals surface area (Å²) in [4.78, 5) is 14.2. The van der Waals surface area contributed by atoms with E-state index in [9.17, 15) is 30.8 Å². The molecule has 10 nitrogen and oxygen atoms in total. The molecular weight excluding hydrogens is 567 g/mol. The van der Waals surface area contributed by atoms with Crippen LogP contribution >= 0.6 is 0 Å². The Morgan fingerprint density at radius 3 is 2.60 bits per heavy atom. The molecule has 0 saturated carbocycles. The van der Waals surface area contributed by atoms with Crippen molar-refractivity contribution in [3.05, 3.63) is 59.9 Å². The van der Waals surface area contributed by atoms with Crippen LogP contribution in [0.4, 0.5) is 33.5 Å². The maximum Gasteiger partial charge on any atom is 0.419 e. The predicted octanol–water partition coefficient (Wildman–Crippen LogP) is 3.81. The summed E-state index contributed by atoms with van der Waals surface area (Å²) < 4.78 is 114. The van der Waals surface area contributed by atoms with E-state index < -0.39 is 69.4 Å². The third-order valence-electron chi connectivity index (χ3n) is 6.64. The molecule has 2 fully saturated rings. The number of nitrogens with one attached hydrogen (secondary N) is 1. The second-order valence-corrected chi connectivity index (χ2v) is 10.7. The fourth-order valence-electron chi connectivity index (χ4n) is 4.82. The normalized spacial score (nSPS) is 20.4. The maximum atomic E-state index is 15.4.